The quantitative estimate of drug-likeness (QED) is 0.607. The number of ether oxygens (including phenoxy) is 3. The Bertz CT molecular complexity index is 911. The summed E-state index contributed by atoms with van der Waals surface area (Å²) in [5.41, 5.74) is -0.582. The molecule has 0 saturated carbocycles. The number of methoxy groups -OCH3 is 2. The number of esters is 1. The van der Waals surface area contributed by atoms with E-state index in [2.05, 4.69) is 4.40 Å². The second-order valence-electron chi connectivity index (χ2n) is 5.88. The highest BCUT2D eigenvalue weighted by Crippen LogP contribution is 2.32. The molecule has 1 aliphatic rings. The van der Waals surface area contributed by atoms with Gasteiger partial charge in [0.2, 0.25) is 0 Å². The van der Waals surface area contributed by atoms with Crippen molar-refractivity contribution in [2.45, 2.75) is 26.7 Å². The number of allylic oxidation sites excluding steroid dienone is 1. The Balaban J connectivity index is 2.61. The van der Waals surface area contributed by atoms with Crippen LogP contribution in [0.4, 0.5) is 4.39 Å². The summed E-state index contributed by atoms with van der Waals surface area (Å²) >= 11 is 0. The number of carbonyl (C=O) groups excluding carboxylic acids is 1. The van der Waals surface area contributed by atoms with Crippen LogP contribution < -0.4 is 9.47 Å². The Morgan fingerprint density at radius 1 is 1.14 bits per heavy atom. The van der Waals surface area contributed by atoms with Gasteiger partial charge in [-0.25, -0.2) is 13.5 Å². The molecule has 28 heavy (non-hydrogen) atoms. The molecule has 1 heterocycles. The molecule has 0 spiro atoms. The Morgan fingerprint density at radius 3 is 2.36 bits per heavy atom. The van der Waals surface area contributed by atoms with Crippen LogP contribution in [0, 0.1) is 5.82 Å². The number of carbonyl (C=O) groups is 1. The van der Waals surface area contributed by atoms with Crippen molar-refractivity contribution in [3.8, 4) is 11.5 Å². The van der Waals surface area contributed by atoms with Crippen LogP contribution in [0.2, 0.25) is 0 Å². The minimum Gasteiger partial charge on any atom is -0.493 e. The van der Waals surface area contributed by atoms with Gasteiger partial charge >= 0.3 is 16.2 Å². The molecule has 0 amide bonds. The third kappa shape index (κ3) is 4.44. The van der Waals surface area contributed by atoms with Crippen LogP contribution in [0.3, 0.4) is 0 Å². The molecule has 1 aromatic rings. The predicted octanol–water partition coefficient (Wildman–Crippen LogP) is 2.44. The molecule has 0 aromatic heterocycles. The average molecular weight is 414 g/mol. The number of hydrogen-bond acceptors (Lipinski definition) is 6. The first kappa shape index (κ1) is 21.7. The zero-order valence-electron chi connectivity index (χ0n) is 16.2. The maximum Gasteiger partial charge on any atom is 0.355 e. The third-order valence-electron chi connectivity index (χ3n) is 3.86. The summed E-state index contributed by atoms with van der Waals surface area (Å²) < 4.78 is 59.7. The van der Waals surface area contributed by atoms with Gasteiger partial charge < -0.3 is 14.2 Å². The van der Waals surface area contributed by atoms with Crippen molar-refractivity contribution in [2.24, 2.45) is 4.40 Å². The van der Waals surface area contributed by atoms with Gasteiger partial charge in [0.25, 0.3) is 0 Å². The summed E-state index contributed by atoms with van der Waals surface area (Å²) in [6.45, 7) is 3.75. The van der Waals surface area contributed by atoms with E-state index in [0.717, 1.165) is 10.4 Å². The molecule has 1 aromatic carbocycles. The minimum absolute atomic E-state index is 0.0422. The SMILES string of the molecule is CCCOC(=O)C1=CC(c2cc(OC)c(OC)cc2F)=NS(=O)(=O)N1CCC. The normalized spacial score (nSPS) is 15.5. The summed E-state index contributed by atoms with van der Waals surface area (Å²) in [4.78, 5) is 12.4. The van der Waals surface area contributed by atoms with E-state index in [-0.39, 0.29) is 41.6 Å². The molecule has 0 unspecified atom stereocenters. The summed E-state index contributed by atoms with van der Waals surface area (Å²) in [5, 5.41) is 0. The largest absolute Gasteiger partial charge is 0.493 e. The lowest BCUT2D eigenvalue weighted by Gasteiger charge is -2.26. The molecular weight excluding hydrogens is 391 g/mol. The van der Waals surface area contributed by atoms with Gasteiger partial charge in [-0.1, -0.05) is 13.8 Å². The van der Waals surface area contributed by atoms with Gasteiger partial charge in [0, 0.05) is 18.2 Å². The van der Waals surface area contributed by atoms with Gasteiger partial charge in [0.15, 0.2) is 11.5 Å². The molecule has 1 aliphatic heterocycles. The molecule has 0 atom stereocenters. The van der Waals surface area contributed by atoms with E-state index in [9.17, 15) is 17.6 Å². The molecule has 0 saturated heterocycles. The van der Waals surface area contributed by atoms with Crippen LogP contribution in [-0.4, -0.2) is 51.8 Å². The van der Waals surface area contributed by atoms with Crippen LogP contribution in [0.1, 0.15) is 32.3 Å². The molecule has 0 radical (unpaired) electrons. The van der Waals surface area contributed by atoms with Crippen LogP contribution in [0.15, 0.2) is 28.3 Å². The van der Waals surface area contributed by atoms with Crippen LogP contribution in [-0.2, 0) is 19.7 Å². The highest BCUT2D eigenvalue weighted by Gasteiger charge is 2.34. The van der Waals surface area contributed by atoms with Crippen molar-refractivity contribution in [1.29, 1.82) is 0 Å². The summed E-state index contributed by atoms with van der Waals surface area (Å²) in [5.74, 6) is -1.25. The van der Waals surface area contributed by atoms with Gasteiger partial charge in [0.1, 0.15) is 11.5 Å². The highest BCUT2D eigenvalue weighted by molar-refractivity contribution is 7.88. The van der Waals surface area contributed by atoms with Crippen molar-refractivity contribution >= 4 is 21.9 Å². The average Bonchev–Trinajstić information content (AvgIpc) is 2.66. The summed E-state index contributed by atoms with van der Waals surface area (Å²) in [6.07, 6.45) is 2.23. The third-order valence-corrected chi connectivity index (χ3v) is 5.22. The number of nitrogens with zero attached hydrogens (tertiary/aromatic N) is 2. The van der Waals surface area contributed by atoms with Crippen LogP contribution in [0.25, 0.3) is 0 Å². The molecular formula is C18H23FN2O6S. The number of benzene rings is 1. The minimum atomic E-state index is -4.24. The van der Waals surface area contributed by atoms with Gasteiger partial charge in [-0.3, -0.25) is 0 Å². The molecule has 10 heteroatoms. The van der Waals surface area contributed by atoms with Crippen molar-refractivity contribution in [3.05, 3.63) is 35.3 Å². The zero-order valence-corrected chi connectivity index (χ0v) is 17.0. The fraction of sp³-hybridized carbons (Fsp3) is 0.444. The lowest BCUT2D eigenvalue weighted by molar-refractivity contribution is -0.140. The standard InChI is InChI=1S/C18H23FN2O6S/c1-5-7-21-15(18(22)27-8-6-2)11-14(20-28(21,23)24)12-9-16(25-3)17(26-4)10-13(12)19/h9-11H,5-8H2,1-4H3. The lowest BCUT2D eigenvalue weighted by atomic mass is 10.1. The second kappa shape index (κ2) is 9.05. The van der Waals surface area contributed by atoms with Gasteiger partial charge in [-0.15, -0.1) is 4.40 Å². The molecule has 2 rings (SSSR count). The second-order valence-corrected chi connectivity index (χ2v) is 7.40. The fourth-order valence-electron chi connectivity index (χ4n) is 2.57. The van der Waals surface area contributed by atoms with E-state index in [1.165, 1.54) is 26.4 Å². The topological polar surface area (TPSA) is 94.5 Å². The van der Waals surface area contributed by atoms with Crippen molar-refractivity contribution in [3.63, 3.8) is 0 Å². The first-order valence-corrected chi connectivity index (χ1v) is 10.1. The van der Waals surface area contributed by atoms with Crippen LogP contribution >= 0.6 is 0 Å². The van der Waals surface area contributed by atoms with Gasteiger partial charge in [-0.2, -0.15) is 8.42 Å². The fourth-order valence-corrected chi connectivity index (χ4v) is 3.86. The Labute approximate surface area is 163 Å². The molecule has 0 aliphatic carbocycles. The van der Waals surface area contributed by atoms with Crippen LogP contribution in [0.5, 0.6) is 11.5 Å². The summed E-state index contributed by atoms with van der Waals surface area (Å²) in [7, 11) is -1.52. The molecule has 0 bridgehead atoms. The molecule has 154 valence electrons. The molecule has 0 N–H and O–H groups in total. The van der Waals surface area contributed by atoms with Crippen molar-refractivity contribution < 1.29 is 31.8 Å². The van der Waals surface area contributed by atoms with E-state index in [1.54, 1.807) is 6.92 Å². The Kier molecular flexibility index (Phi) is 7.00. The Hall–Kier alpha value is -2.62. The molecule has 8 nitrogen and oxygen atoms in total. The van der Waals surface area contributed by atoms with Crippen molar-refractivity contribution in [2.75, 3.05) is 27.4 Å². The first-order valence-electron chi connectivity index (χ1n) is 8.72. The number of hydrogen-bond donors (Lipinski definition) is 0. The number of rotatable bonds is 8. The first-order chi connectivity index (χ1) is 13.3. The van der Waals surface area contributed by atoms with E-state index in [1.807, 2.05) is 6.92 Å². The summed E-state index contributed by atoms with van der Waals surface area (Å²) in [6, 6.07) is 2.33. The smallest absolute Gasteiger partial charge is 0.355 e. The van der Waals surface area contributed by atoms with E-state index in [4.69, 9.17) is 14.2 Å². The van der Waals surface area contributed by atoms with Gasteiger partial charge in [0.05, 0.1) is 26.5 Å². The maximum absolute atomic E-state index is 14.6. The Morgan fingerprint density at radius 2 is 1.79 bits per heavy atom. The molecule has 0 fully saturated rings. The number of halogens is 1. The zero-order chi connectivity index (χ0) is 20.9. The van der Waals surface area contributed by atoms with Crippen molar-refractivity contribution in [1.82, 2.24) is 4.31 Å². The van der Waals surface area contributed by atoms with E-state index < -0.39 is 22.0 Å². The van der Waals surface area contributed by atoms with E-state index in [0.29, 0.717) is 12.8 Å². The van der Waals surface area contributed by atoms with Gasteiger partial charge in [-0.05, 0) is 25.0 Å². The highest BCUT2D eigenvalue weighted by atomic mass is 32.2. The lowest BCUT2D eigenvalue weighted by Crippen LogP contribution is -2.37. The maximum atomic E-state index is 14.6. The predicted molar refractivity (Wildman–Crippen MR) is 101 cm³/mol. The van der Waals surface area contributed by atoms with E-state index >= 15 is 0 Å². The monoisotopic (exact) mass is 414 g/mol.